The van der Waals surface area contributed by atoms with Crippen LogP contribution in [0.5, 0.6) is 0 Å². The van der Waals surface area contributed by atoms with Gasteiger partial charge in [-0.3, -0.25) is 0 Å². The molecule has 0 aliphatic rings. The molecule has 1 rings (SSSR count). The molecule has 0 bridgehead atoms. The van der Waals surface area contributed by atoms with E-state index >= 15 is 0 Å². The van der Waals surface area contributed by atoms with Crippen LogP contribution in [0.15, 0.2) is 22.8 Å². The summed E-state index contributed by atoms with van der Waals surface area (Å²) >= 11 is 3.00. The van der Waals surface area contributed by atoms with Gasteiger partial charge in [-0.2, -0.15) is 0 Å². The molecule has 1 atom stereocenters. The summed E-state index contributed by atoms with van der Waals surface area (Å²) < 4.78 is 17.3. The molecular formula is C6H6BrFO. The van der Waals surface area contributed by atoms with Crippen molar-refractivity contribution in [1.82, 2.24) is 0 Å². The zero-order chi connectivity index (χ0) is 6.69. The van der Waals surface area contributed by atoms with Gasteiger partial charge in [0.25, 0.3) is 0 Å². The van der Waals surface area contributed by atoms with Gasteiger partial charge in [0.1, 0.15) is 5.76 Å². The predicted molar refractivity (Wildman–Crippen MR) is 36.4 cm³/mol. The summed E-state index contributed by atoms with van der Waals surface area (Å²) in [5, 5.41) is 0.292. The summed E-state index contributed by atoms with van der Waals surface area (Å²) in [6, 6.07) is 3.29. The summed E-state index contributed by atoms with van der Waals surface area (Å²) in [6.45, 7) is 0. The van der Waals surface area contributed by atoms with Crippen molar-refractivity contribution in [2.24, 2.45) is 0 Å². The van der Waals surface area contributed by atoms with E-state index in [2.05, 4.69) is 15.9 Å². The molecule has 0 aliphatic carbocycles. The maximum absolute atomic E-state index is 12.6. The second kappa shape index (κ2) is 3.01. The molecule has 0 fully saturated rings. The standard InChI is InChI=1S/C6H6BrFO/c7-4-5(8)6-2-1-3-9-6/h1-3,5H,4H2/t5-/m0/s1. The van der Waals surface area contributed by atoms with Crippen LogP contribution >= 0.6 is 15.9 Å². The Morgan fingerprint density at radius 2 is 2.56 bits per heavy atom. The highest BCUT2D eigenvalue weighted by molar-refractivity contribution is 9.09. The Labute approximate surface area is 61.0 Å². The lowest BCUT2D eigenvalue weighted by Crippen LogP contribution is -1.87. The van der Waals surface area contributed by atoms with Crippen LogP contribution in [-0.4, -0.2) is 5.33 Å². The van der Waals surface area contributed by atoms with E-state index in [-0.39, 0.29) is 0 Å². The number of hydrogen-bond donors (Lipinski definition) is 0. The number of hydrogen-bond acceptors (Lipinski definition) is 1. The van der Waals surface area contributed by atoms with E-state index in [1.807, 2.05) is 0 Å². The first-order chi connectivity index (χ1) is 4.34. The molecule has 9 heavy (non-hydrogen) atoms. The van der Waals surface area contributed by atoms with Gasteiger partial charge in [0, 0.05) is 5.33 Å². The SMILES string of the molecule is F[C@@H](CBr)c1ccco1. The van der Waals surface area contributed by atoms with Crippen molar-refractivity contribution in [1.29, 1.82) is 0 Å². The summed E-state index contributed by atoms with van der Waals surface area (Å²) in [5.41, 5.74) is 0. The Morgan fingerprint density at radius 1 is 1.78 bits per heavy atom. The molecule has 0 saturated heterocycles. The van der Waals surface area contributed by atoms with Gasteiger partial charge in [-0.1, -0.05) is 15.9 Å². The number of alkyl halides is 2. The Balaban J connectivity index is 2.65. The molecule has 0 amide bonds. The molecule has 0 radical (unpaired) electrons. The third kappa shape index (κ3) is 1.55. The van der Waals surface area contributed by atoms with Crippen LogP contribution in [-0.2, 0) is 0 Å². The van der Waals surface area contributed by atoms with Gasteiger partial charge >= 0.3 is 0 Å². The molecule has 0 aliphatic heterocycles. The van der Waals surface area contributed by atoms with E-state index in [0.717, 1.165) is 0 Å². The van der Waals surface area contributed by atoms with Crippen molar-refractivity contribution < 1.29 is 8.81 Å². The van der Waals surface area contributed by atoms with E-state index in [0.29, 0.717) is 11.1 Å². The Hall–Kier alpha value is -0.310. The lowest BCUT2D eigenvalue weighted by atomic mass is 10.3. The summed E-state index contributed by atoms with van der Waals surface area (Å²) in [4.78, 5) is 0. The van der Waals surface area contributed by atoms with Gasteiger partial charge in [-0.25, -0.2) is 4.39 Å². The minimum Gasteiger partial charge on any atom is -0.466 e. The van der Waals surface area contributed by atoms with Crippen molar-refractivity contribution in [3.05, 3.63) is 24.2 Å². The fraction of sp³-hybridized carbons (Fsp3) is 0.333. The molecule has 0 N–H and O–H groups in total. The lowest BCUT2D eigenvalue weighted by Gasteiger charge is -1.95. The minimum atomic E-state index is -1.01. The van der Waals surface area contributed by atoms with Crippen LogP contribution in [0.2, 0.25) is 0 Å². The highest BCUT2D eigenvalue weighted by atomic mass is 79.9. The van der Waals surface area contributed by atoms with Crippen LogP contribution in [0.3, 0.4) is 0 Å². The number of furan rings is 1. The molecule has 0 spiro atoms. The fourth-order valence-corrected chi connectivity index (χ4v) is 0.865. The van der Waals surface area contributed by atoms with Crippen LogP contribution in [0.25, 0.3) is 0 Å². The summed E-state index contributed by atoms with van der Waals surface area (Å²) in [5.74, 6) is 0.381. The Bertz CT molecular complexity index is 162. The smallest absolute Gasteiger partial charge is 0.167 e. The van der Waals surface area contributed by atoms with Gasteiger partial charge in [0.15, 0.2) is 6.17 Å². The van der Waals surface area contributed by atoms with E-state index in [1.165, 1.54) is 6.26 Å². The van der Waals surface area contributed by atoms with Gasteiger partial charge in [-0.05, 0) is 12.1 Å². The van der Waals surface area contributed by atoms with E-state index in [9.17, 15) is 4.39 Å². The minimum absolute atomic E-state index is 0.292. The summed E-state index contributed by atoms with van der Waals surface area (Å²) in [7, 11) is 0. The molecule has 1 nitrogen and oxygen atoms in total. The van der Waals surface area contributed by atoms with Crippen LogP contribution < -0.4 is 0 Å². The third-order valence-corrected chi connectivity index (χ3v) is 1.56. The average molecular weight is 193 g/mol. The van der Waals surface area contributed by atoms with Gasteiger partial charge in [0.2, 0.25) is 0 Å². The summed E-state index contributed by atoms with van der Waals surface area (Å²) in [6.07, 6.45) is 0.449. The van der Waals surface area contributed by atoms with Crippen molar-refractivity contribution in [3.8, 4) is 0 Å². The number of rotatable bonds is 2. The van der Waals surface area contributed by atoms with Gasteiger partial charge in [0.05, 0.1) is 6.26 Å². The Morgan fingerprint density at radius 3 is 3.00 bits per heavy atom. The topological polar surface area (TPSA) is 13.1 Å². The molecule has 0 unspecified atom stereocenters. The number of halogens is 2. The first kappa shape index (κ1) is 6.81. The van der Waals surface area contributed by atoms with E-state index in [1.54, 1.807) is 12.1 Å². The van der Waals surface area contributed by atoms with Crippen LogP contribution in [0, 0.1) is 0 Å². The lowest BCUT2D eigenvalue weighted by molar-refractivity contribution is 0.316. The highest BCUT2D eigenvalue weighted by Crippen LogP contribution is 2.18. The zero-order valence-electron chi connectivity index (χ0n) is 4.68. The van der Waals surface area contributed by atoms with Crippen molar-refractivity contribution in [2.75, 3.05) is 5.33 Å². The largest absolute Gasteiger partial charge is 0.466 e. The molecule has 0 aromatic carbocycles. The molecular weight excluding hydrogens is 187 g/mol. The fourth-order valence-electron chi connectivity index (χ4n) is 0.546. The second-order valence-corrected chi connectivity index (χ2v) is 2.28. The quantitative estimate of drug-likeness (QED) is 0.658. The van der Waals surface area contributed by atoms with Crippen LogP contribution in [0.4, 0.5) is 4.39 Å². The highest BCUT2D eigenvalue weighted by Gasteiger charge is 2.08. The van der Waals surface area contributed by atoms with Crippen molar-refractivity contribution >= 4 is 15.9 Å². The zero-order valence-corrected chi connectivity index (χ0v) is 6.27. The second-order valence-electron chi connectivity index (χ2n) is 1.64. The predicted octanol–water partition coefficient (Wildman–Crippen LogP) is 2.69. The molecule has 50 valence electrons. The normalized spacial score (nSPS) is 13.6. The van der Waals surface area contributed by atoms with Crippen molar-refractivity contribution in [2.45, 2.75) is 6.17 Å². The third-order valence-electron chi connectivity index (χ3n) is 0.987. The molecule has 1 aromatic rings. The monoisotopic (exact) mass is 192 g/mol. The maximum Gasteiger partial charge on any atom is 0.167 e. The molecule has 1 heterocycles. The van der Waals surface area contributed by atoms with Crippen LogP contribution in [0.1, 0.15) is 11.9 Å². The van der Waals surface area contributed by atoms with Gasteiger partial charge < -0.3 is 4.42 Å². The molecule has 3 heteroatoms. The molecule has 1 aromatic heterocycles. The van der Waals surface area contributed by atoms with E-state index in [4.69, 9.17) is 4.42 Å². The van der Waals surface area contributed by atoms with Crippen molar-refractivity contribution in [3.63, 3.8) is 0 Å². The first-order valence-corrected chi connectivity index (χ1v) is 3.70. The van der Waals surface area contributed by atoms with E-state index < -0.39 is 6.17 Å². The molecule has 0 saturated carbocycles. The maximum atomic E-state index is 12.6. The Kier molecular flexibility index (Phi) is 2.28. The van der Waals surface area contributed by atoms with Gasteiger partial charge in [-0.15, -0.1) is 0 Å². The first-order valence-electron chi connectivity index (χ1n) is 2.58. The average Bonchev–Trinajstić information content (AvgIpc) is 2.37.